The molecule has 2 amide bonds. The topological polar surface area (TPSA) is 62.4 Å². The lowest BCUT2D eigenvalue weighted by Crippen LogP contribution is -2.28. The van der Waals surface area contributed by atoms with Crippen LogP contribution >= 0.6 is 11.8 Å². The fourth-order valence-corrected chi connectivity index (χ4v) is 2.69. The van der Waals surface area contributed by atoms with Crippen LogP contribution in [0.5, 0.6) is 0 Å². The lowest BCUT2D eigenvalue weighted by molar-refractivity contribution is 0.211. The number of hydrogen-bond acceptors (Lipinski definition) is 4. The third kappa shape index (κ3) is 5.79. The van der Waals surface area contributed by atoms with E-state index in [1.54, 1.807) is 18.9 Å². The highest BCUT2D eigenvalue weighted by Crippen LogP contribution is 2.24. The van der Waals surface area contributed by atoms with Gasteiger partial charge in [0.2, 0.25) is 0 Å². The number of carbonyl (C=O) groups excluding carboxylic acids is 1. The average Bonchev–Trinajstić information content (AvgIpc) is 2.62. The molecule has 6 heteroatoms. The molecule has 5 nitrogen and oxygen atoms in total. The molecule has 0 bridgehead atoms. The number of carbonyl (C=O) groups is 1. The predicted molar refractivity (Wildman–Crippen MR) is 101 cm³/mol. The van der Waals surface area contributed by atoms with Crippen molar-refractivity contribution >= 4 is 29.2 Å². The van der Waals surface area contributed by atoms with Gasteiger partial charge in [0.25, 0.3) is 0 Å². The van der Waals surface area contributed by atoms with Crippen molar-refractivity contribution in [2.45, 2.75) is 11.4 Å². The first kappa shape index (κ1) is 18.2. The van der Waals surface area contributed by atoms with Gasteiger partial charge >= 0.3 is 6.03 Å². The molecule has 24 heavy (non-hydrogen) atoms. The van der Waals surface area contributed by atoms with E-state index in [1.165, 1.54) is 0 Å². The second-order valence-electron chi connectivity index (χ2n) is 5.12. The van der Waals surface area contributed by atoms with Gasteiger partial charge in [-0.2, -0.15) is 0 Å². The average molecular weight is 345 g/mol. The van der Waals surface area contributed by atoms with Gasteiger partial charge < -0.3 is 20.7 Å². The number of para-hydroxylation sites is 1. The summed E-state index contributed by atoms with van der Waals surface area (Å²) in [4.78, 5) is 13.1. The Morgan fingerprint density at radius 3 is 2.58 bits per heavy atom. The molecule has 2 aromatic rings. The predicted octanol–water partition coefficient (Wildman–Crippen LogP) is 3.79. The lowest BCUT2D eigenvalue weighted by Gasteiger charge is -2.11. The van der Waals surface area contributed by atoms with Crippen molar-refractivity contribution in [3.8, 4) is 0 Å². The van der Waals surface area contributed by atoms with Gasteiger partial charge in [-0.05, 0) is 36.1 Å². The molecule has 0 radical (unpaired) electrons. The van der Waals surface area contributed by atoms with Gasteiger partial charge in [0, 0.05) is 30.8 Å². The number of hydrogen-bond donors (Lipinski definition) is 3. The van der Waals surface area contributed by atoms with E-state index in [4.69, 9.17) is 4.74 Å². The van der Waals surface area contributed by atoms with Gasteiger partial charge in [-0.3, -0.25) is 0 Å². The zero-order valence-electron chi connectivity index (χ0n) is 14.0. The highest BCUT2D eigenvalue weighted by molar-refractivity contribution is 7.98. The molecule has 0 fully saturated rings. The van der Waals surface area contributed by atoms with Crippen LogP contribution in [0.1, 0.15) is 5.56 Å². The second-order valence-corrected chi connectivity index (χ2v) is 5.97. The monoisotopic (exact) mass is 345 g/mol. The second kappa shape index (κ2) is 9.85. The van der Waals surface area contributed by atoms with E-state index in [0.717, 1.165) is 28.4 Å². The summed E-state index contributed by atoms with van der Waals surface area (Å²) >= 11 is 1.60. The first-order valence-corrected chi connectivity index (χ1v) is 8.95. The Bertz CT molecular complexity index is 647. The summed E-state index contributed by atoms with van der Waals surface area (Å²) < 4.78 is 5.00. The summed E-state index contributed by atoms with van der Waals surface area (Å²) in [5.41, 5.74) is 2.90. The van der Waals surface area contributed by atoms with Crippen LogP contribution in [-0.2, 0) is 11.3 Å². The molecule has 0 aromatic heterocycles. The van der Waals surface area contributed by atoms with Gasteiger partial charge in [0.15, 0.2) is 0 Å². The Kier molecular flexibility index (Phi) is 7.45. The Balaban J connectivity index is 1.81. The van der Waals surface area contributed by atoms with E-state index >= 15 is 0 Å². The van der Waals surface area contributed by atoms with Crippen LogP contribution in [0.4, 0.5) is 16.2 Å². The number of ether oxygens (including phenoxy) is 1. The maximum absolute atomic E-state index is 12.0. The molecule has 0 saturated heterocycles. The number of methoxy groups -OCH3 is 1. The molecule has 0 aliphatic heterocycles. The van der Waals surface area contributed by atoms with Crippen LogP contribution in [0.3, 0.4) is 0 Å². The number of benzene rings is 2. The Morgan fingerprint density at radius 2 is 1.88 bits per heavy atom. The fourth-order valence-electron chi connectivity index (χ4n) is 2.13. The molecule has 128 valence electrons. The summed E-state index contributed by atoms with van der Waals surface area (Å²) in [6, 6.07) is 15.5. The standard InChI is InChI=1S/C18H23N3O2S/c1-23-12-11-19-15-9-7-14(8-10-15)13-20-18(22)21-16-5-3-4-6-17(16)24-2/h3-10,19H,11-13H2,1-2H3,(H2,20,21,22). The highest BCUT2D eigenvalue weighted by atomic mass is 32.2. The quantitative estimate of drug-likeness (QED) is 0.503. The van der Waals surface area contributed by atoms with Crippen LogP contribution in [0.25, 0.3) is 0 Å². The van der Waals surface area contributed by atoms with Crippen molar-refractivity contribution in [1.29, 1.82) is 0 Å². The van der Waals surface area contributed by atoms with E-state index in [-0.39, 0.29) is 6.03 Å². The minimum absolute atomic E-state index is 0.209. The maximum atomic E-state index is 12.0. The van der Waals surface area contributed by atoms with E-state index < -0.39 is 0 Å². The lowest BCUT2D eigenvalue weighted by atomic mass is 10.2. The van der Waals surface area contributed by atoms with Gasteiger partial charge in [-0.25, -0.2) is 4.79 Å². The summed E-state index contributed by atoms with van der Waals surface area (Å²) in [6.45, 7) is 1.91. The van der Waals surface area contributed by atoms with E-state index in [1.807, 2.05) is 54.8 Å². The third-order valence-electron chi connectivity index (χ3n) is 3.40. The van der Waals surface area contributed by atoms with Crippen LogP contribution in [0, 0.1) is 0 Å². The molecular formula is C18H23N3O2S. The van der Waals surface area contributed by atoms with Gasteiger partial charge in [0.05, 0.1) is 12.3 Å². The largest absolute Gasteiger partial charge is 0.383 e. The normalized spacial score (nSPS) is 10.2. The maximum Gasteiger partial charge on any atom is 0.319 e. The van der Waals surface area contributed by atoms with E-state index in [9.17, 15) is 4.79 Å². The number of anilines is 2. The molecule has 0 unspecified atom stereocenters. The van der Waals surface area contributed by atoms with Gasteiger partial charge in [-0.1, -0.05) is 24.3 Å². The van der Waals surface area contributed by atoms with Crippen LogP contribution in [0.2, 0.25) is 0 Å². The molecule has 3 N–H and O–H groups in total. The zero-order chi connectivity index (χ0) is 17.2. The number of amides is 2. The molecule has 2 rings (SSSR count). The smallest absolute Gasteiger partial charge is 0.319 e. The number of thioether (sulfide) groups is 1. The van der Waals surface area contributed by atoms with Gasteiger partial charge in [-0.15, -0.1) is 11.8 Å². The zero-order valence-corrected chi connectivity index (χ0v) is 14.8. The third-order valence-corrected chi connectivity index (χ3v) is 4.19. The van der Waals surface area contributed by atoms with Crippen molar-refractivity contribution in [2.75, 3.05) is 37.2 Å². The molecule has 0 heterocycles. The molecule has 0 spiro atoms. The van der Waals surface area contributed by atoms with Crippen LogP contribution in [-0.4, -0.2) is 32.5 Å². The summed E-state index contributed by atoms with van der Waals surface area (Å²) in [5.74, 6) is 0. The van der Waals surface area contributed by atoms with Gasteiger partial charge in [0.1, 0.15) is 0 Å². The molecule has 0 saturated carbocycles. The van der Waals surface area contributed by atoms with Crippen molar-refractivity contribution in [3.63, 3.8) is 0 Å². The Hall–Kier alpha value is -2.18. The minimum Gasteiger partial charge on any atom is -0.383 e. The molecular weight excluding hydrogens is 322 g/mol. The first-order chi connectivity index (χ1) is 11.7. The molecule has 0 aliphatic carbocycles. The van der Waals surface area contributed by atoms with Crippen molar-refractivity contribution in [3.05, 3.63) is 54.1 Å². The number of nitrogens with one attached hydrogen (secondary N) is 3. The highest BCUT2D eigenvalue weighted by Gasteiger charge is 2.05. The molecule has 2 aromatic carbocycles. The van der Waals surface area contributed by atoms with Crippen LogP contribution < -0.4 is 16.0 Å². The first-order valence-electron chi connectivity index (χ1n) is 7.72. The summed E-state index contributed by atoms with van der Waals surface area (Å²) in [6.07, 6.45) is 1.99. The van der Waals surface area contributed by atoms with E-state index in [2.05, 4.69) is 16.0 Å². The SMILES string of the molecule is COCCNc1ccc(CNC(=O)Nc2ccccc2SC)cc1. The Labute approximate surface area is 147 Å². The summed E-state index contributed by atoms with van der Waals surface area (Å²) in [7, 11) is 1.68. The Morgan fingerprint density at radius 1 is 1.12 bits per heavy atom. The summed E-state index contributed by atoms with van der Waals surface area (Å²) in [5, 5.41) is 9.01. The van der Waals surface area contributed by atoms with Crippen molar-refractivity contribution in [1.82, 2.24) is 5.32 Å². The van der Waals surface area contributed by atoms with E-state index in [0.29, 0.717) is 13.2 Å². The number of urea groups is 1. The molecule has 0 aliphatic rings. The van der Waals surface area contributed by atoms with Crippen LogP contribution in [0.15, 0.2) is 53.4 Å². The van der Waals surface area contributed by atoms with Crippen molar-refractivity contribution < 1.29 is 9.53 Å². The number of rotatable bonds is 8. The fraction of sp³-hybridized carbons (Fsp3) is 0.278. The minimum atomic E-state index is -0.209. The molecule has 0 atom stereocenters. The van der Waals surface area contributed by atoms with Crippen molar-refractivity contribution in [2.24, 2.45) is 0 Å².